The summed E-state index contributed by atoms with van der Waals surface area (Å²) in [5.74, 6) is 0.0885. The van der Waals surface area contributed by atoms with Crippen LogP contribution in [0, 0.1) is 0 Å². The Bertz CT molecular complexity index is 585. The summed E-state index contributed by atoms with van der Waals surface area (Å²) in [6.07, 6.45) is 3.13. The van der Waals surface area contributed by atoms with E-state index in [1.807, 2.05) is 0 Å². The van der Waals surface area contributed by atoms with Crippen molar-refractivity contribution in [3.8, 4) is 11.5 Å². The zero-order valence-corrected chi connectivity index (χ0v) is 11.4. The molecular weight excluding hydrogens is 260 g/mol. The lowest BCUT2D eigenvalue weighted by Crippen LogP contribution is -2.42. The molecule has 6 nitrogen and oxygen atoms in total. The largest absolute Gasteiger partial charge is 0.504 e. The lowest BCUT2D eigenvalue weighted by Gasteiger charge is -2.26. The van der Waals surface area contributed by atoms with Crippen LogP contribution in [0.15, 0.2) is 17.1 Å². The van der Waals surface area contributed by atoms with Gasteiger partial charge in [0, 0.05) is 19.4 Å². The van der Waals surface area contributed by atoms with Crippen LogP contribution >= 0.6 is 0 Å². The minimum absolute atomic E-state index is 0.0263. The van der Waals surface area contributed by atoms with E-state index in [0.717, 1.165) is 12.8 Å². The molecule has 2 unspecified atom stereocenters. The van der Waals surface area contributed by atoms with E-state index in [0.29, 0.717) is 11.3 Å². The number of aromatic hydroxyl groups is 1. The summed E-state index contributed by atoms with van der Waals surface area (Å²) >= 11 is 0. The molecule has 2 aliphatic heterocycles. The standard InChI is InChI=1S/C14H16N2O4/c1-19-12-5-9-10(6-11(12)17)15-7-8-3-4-13(20-2)16(8)14(9)18/h5-8,13,17H,3-4H2,1-2H3. The molecule has 0 aliphatic carbocycles. The van der Waals surface area contributed by atoms with Crippen molar-refractivity contribution in [1.82, 2.24) is 4.90 Å². The van der Waals surface area contributed by atoms with Crippen LogP contribution < -0.4 is 4.74 Å². The quantitative estimate of drug-likeness (QED) is 0.892. The summed E-state index contributed by atoms with van der Waals surface area (Å²) in [7, 11) is 3.04. The van der Waals surface area contributed by atoms with E-state index in [2.05, 4.69) is 4.99 Å². The number of rotatable bonds is 2. The van der Waals surface area contributed by atoms with Gasteiger partial charge in [-0.25, -0.2) is 0 Å². The van der Waals surface area contributed by atoms with Crippen molar-refractivity contribution in [2.24, 2.45) is 4.99 Å². The number of aliphatic imine (C=N–C) groups is 1. The number of methoxy groups -OCH3 is 2. The average molecular weight is 276 g/mol. The highest BCUT2D eigenvalue weighted by molar-refractivity contribution is 6.03. The Hall–Kier alpha value is -2.08. The van der Waals surface area contributed by atoms with Gasteiger partial charge in [-0.15, -0.1) is 0 Å². The van der Waals surface area contributed by atoms with Crippen LogP contribution in [-0.2, 0) is 4.74 Å². The van der Waals surface area contributed by atoms with Crippen molar-refractivity contribution in [2.45, 2.75) is 25.1 Å². The first kappa shape index (κ1) is 12.9. The summed E-state index contributed by atoms with van der Waals surface area (Å²) in [5.41, 5.74) is 0.875. The van der Waals surface area contributed by atoms with Gasteiger partial charge in [0.05, 0.1) is 24.4 Å². The average Bonchev–Trinajstić information content (AvgIpc) is 2.81. The molecule has 2 atom stereocenters. The van der Waals surface area contributed by atoms with Crippen LogP contribution in [0.5, 0.6) is 11.5 Å². The van der Waals surface area contributed by atoms with Gasteiger partial charge in [0.15, 0.2) is 11.5 Å². The number of ether oxygens (including phenoxy) is 2. The third kappa shape index (κ3) is 1.84. The third-order valence-corrected chi connectivity index (χ3v) is 3.80. The highest BCUT2D eigenvalue weighted by Gasteiger charge is 2.39. The molecule has 0 aromatic heterocycles. The number of phenolic OH excluding ortho intramolecular Hbond substituents is 1. The molecule has 1 aromatic carbocycles. The molecule has 6 heteroatoms. The molecule has 3 rings (SSSR count). The van der Waals surface area contributed by atoms with Gasteiger partial charge in [0.1, 0.15) is 6.23 Å². The van der Waals surface area contributed by atoms with Crippen molar-refractivity contribution in [2.75, 3.05) is 14.2 Å². The predicted octanol–water partition coefficient (Wildman–Crippen LogP) is 1.69. The van der Waals surface area contributed by atoms with Gasteiger partial charge in [-0.05, 0) is 18.9 Å². The van der Waals surface area contributed by atoms with Crippen LogP contribution in [0.1, 0.15) is 23.2 Å². The van der Waals surface area contributed by atoms with Crippen LogP contribution in [0.2, 0.25) is 0 Å². The summed E-state index contributed by atoms with van der Waals surface area (Å²) in [6.45, 7) is 0. The fraction of sp³-hybridized carbons (Fsp3) is 0.429. The van der Waals surface area contributed by atoms with Gasteiger partial charge in [-0.1, -0.05) is 0 Å². The molecule has 0 bridgehead atoms. The van der Waals surface area contributed by atoms with E-state index in [4.69, 9.17) is 9.47 Å². The second kappa shape index (κ2) is 4.79. The molecule has 1 amide bonds. The van der Waals surface area contributed by atoms with Gasteiger partial charge in [0.25, 0.3) is 5.91 Å². The summed E-state index contributed by atoms with van der Waals surface area (Å²) in [5, 5.41) is 9.80. The fourth-order valence-electron chi connectivity index (χ4n) is 2.77. The Morgan fingerprint density at radius 1 is 1.35 bits per heavy atom. The van der Waals surface area contributed by atoms with Crippen LogP contribution in [0.25, 0.3) is 0 Å². The fourth-order valence-corrected chi connectivity index (χ4v) is 2.77. The number of phenols is 1. The van der Waals surface area contributed by atoms with E-state index in [1.165, 1.54) is 19.2 Å². The van der Waals surface area contributed by atoms with E-state index in [1.54, 1.807) is 18.2 Å². The molecule has 106 valence electrons. The monoisotopic (exact) mass is 276 g/mol. The molecule has 0 saturated carbocycles. The second-order valence-corrected chi connectivity index (χ2v) is 4.87. The molecule has 1 fully saturated rings. The smallest absolute Gasteiger partial charge is 0.258 e. The zero-order valence-electron chi connectivity index (χ0n) is 11.4. The number of carbonyl (C=O) groups excluding carboxylic acids is 1. The van der Waals surface area contributed by atoms with Crippen LogP contribution in [0.3, 0.4) is 0 Å². The predicted molar refractivity (Wildman–Crippen MR) is 72.8 cm³/mol. The van der Waals surface area contributed by atoms with E-state index >= 15 is 0 Å². The number of benzene rings is 1. The minimum Gasteiger partial charge on any atom is -0.504 e. The molecule has 1 saturated heterocycles. The number of carbonyl (C=O) groups is 1. The second-order valence-electron chi connectivity index (χ2n) is 4.87. The molecule has 0 radical (unpaired) electrons. The topological polar surface area (TPSA) is 71.4 Å². The Morgan fingerprint density at radius 3 is 2.85 bits per heavy atom. The maximum absolute atomic E-state index is 12.7. The van der Waals surface area contributed by atoms with Crippen molar-refractivity contribution in [1.29, 1.82) is 0 Å². The Balaban J connectivity index is 2.09. The van der Waals surface area contributed by atoms with E-state index in [9.17, 15) is 9.90 Å². The first-order valence-electron chi connectivity index (χ1n) is 6.46. The normalized spacial score (nSPS) is 24.3. The first-order valence-corrected chi connectivity index (χ1v) is 6.46. The highest BCUT2D eigenvalue weighted by atomic mass is 16.5. The third-order valence-electron chi connectivity index (χ3n) is 3.80. The Labute approximate surface area is 116 Å². The van der Waals surface area contributed by atoms with Crippen LogP contribution in [-0.4, -0.2) is 48.6 Å². The first-order chi connectivity index (χ1) is 9.65. The number of fused-ring (bicyclic) bond motifs is 2. The Morgan fingerprint density at radius 2 is 2.15 bits per heavy atom. The summed E-state index contributed by atoms with van der Waals surface area (Å²) in [4.78, 5) is 18.7. The number of amides is 1. The molecule has 0 spiro atoms. The lowest BCUT2D eigenvalue weighted by molar-refractivity contribution is -0.00271. The SMILES string of the molecule is COc1cc2c(cc1O)N=CC1CCC(OC)N1C2=O. The maximum atomic E-state index is 12.7. The maximum Gasteiger partial charge on any atom is 0.258 e. The van der Waals surface area contributed by atoms with Gasteiger partial charge < -0.3 is 19.5 Å². The van der Waals surface area contributed by atoms with E-state index in [-0.39, 0.29) is 29.7 Å². The number of hydrogen-bond donors (Lipinski definition) is 1. The van der Waals surface area contributed by atoms with Gasteiger partial charge in [-0.2, -0.15) is 0 Å². The van der Waals surface area contributed by atoms with Gasteiger partial charge in [-0.3, -0.25) is 9.79 Å². The summed E-state index contributed by atoms with van der Waals surface area (Å²) < 4.78 is 10.4. The number of nitrogens with zero attached hydrogens (tertiary/aromatic N) is 2. The van der Waals surface area contributed by atoms with Crippen molar-refractivity contribution in [3.05, 3.63) is 17.7 Å². The Kier molecular flexibility index (Phi) is 3.10. The number of hydrogen-bond acceptors (Lipinski definition) is 5. The van der Waals surface area contributed by atoms with Crippen molar-refractivity contribution < 1.29 is 19.4 Å². The van der Waals surface area contributed by atoms with Crippen LogP contribution in [0.4, 0.5) is 5.69 Å². The molecule has 2 heterocycles. The zero-order chi connectivity index (χ0) is 14.3. The van der Waals surface area contributed by atoms with E-state index < -0.39 is 0 Å². The van der Waals surface area contributed by atoms with Gasteiger partial charge >= 0.3 is 0 Å². The molecule has 2 aliphatic rings. The van der Waals surface area contributed by atoms with Crippen molar-refractivity contribution in [3.63, 3.8) is 0 Å². The minimum atomic E-state index is -0.232. The lowest BCUT2D eigenvalue weighted by atomic mass is 10.1. The van der Waals surface area contributed by atoms with Crippen molar-refractivity contribution >= 4 is 17.8 Å². The highest BCUT2D eigenvalue weighted by Crippen LogP contribution is 2.38. The van der Waals surface area contributed by atoms with Gasteiger partial charge in [0.2, 0.25) is 0 Å². The molecule has 1 N–H and O–H groups in total. The molecule has 20 heavy (non-hydrogen) atoms. The summed E-state index contributed by atoms with van der Waals surface area (Å²) in [6, 6.07) is 2.91. The molecular formula is C14H16N2O4. The molecule has 1 aromatic rings.